The molecular formula is C7H12O2. The molecule has 0 rings (SSSR count). The van der Waals surface area contributed by atoms with E-state index in [-0.39, 0.29) is 0 Å². The van der Waals surface area contributed by atoms with E-state index in [4.69, 9.17) is 10.2 Å². The first-order valence-corrected chi connectivity index (χ1v) is 2.84. The normalized spacial score (nSPS) is 17.7. The van der Waals surface area contributed by atoms with Gasteiger partial charge >= 0.3 is 0 Å². The van der Waals surface area contributed by atoms with Crippen LogP contribution in [-0.2, 0) is 0 Å². The lowest BCUT2D eigenvalue weighted by atomic mass is 10.2. The van der Waals surface area contributed by atoms with Crippen molar-refractivity contribution in [3.05, 3.63) is 24.8 Å². The molecule has 0 aliphatic carbocycles. The Hall–Kier alpha value is -0.600. The number of rotatable bonds is 3. The van der Waals surface area contributed by atoms with E-state index in [1.807, 2.05) is 0 Å². The Morgan fingerprint density at radius 2 is 1.89 bits per heavy atom. The monoisotopic (exact) mass is 128 g/mol. The molecule has 0 fully saturated rings. The Balaban J connectivity index is 3.71. The van der Waals surface area contributed by atoms with Crippen molar-refractivity contribution in [3.8, 4) is 0 Å². The zero-order valence-corrected chi connectivity index (χ0v) is 5.49. The van der Waals surface area contributed by atoms with E-state index in [9.17, 15) is 0 Å². The maximum Gasteiger partial charge on any atom is 0.102 e. The van der Waals surface area contributed by atoms with Crippen LogP contribution in [0.4, 0.5) is 0 Å². The van der Waals surface area contributed by atoms with Crippen LogP contribution in [0.3, 0.4) is 0 Å². The third-order valence-corrected chi connectivity index (χ3v) is 0.981. The topological polar surface area (TPSA) is 40.5 Å². The molecule has 0 aliphatic heterocycles. The zero-order chi connectivity index (χ0) is 7.28. The van der Waals surface area contributed by atoms with Crippen LogP contribution >= 0.6 is 0 Å². The molecule has 52 valence electrons. The molecule has 2 unspecified atom stereocenters. The van der Waals surface area contributed by atoms with E-state index in [1.165, 1.54) is 12.2 Å². The lowest BCUT2D eigenvalue weighted by molar-refractivity contribution is 0.0810. The molecule has 0 aliphatic rings. The Morgan fingerprint density at radius 3 is 2.22 bits per heavy atom. The van der Waals surface area contributed by atoms with Gasteiger partial charge in [0.25, 0.3) is 0 Å². The van der Waals surface area contributed by atoms with Crippen LogP contribution in [0.15, 0.2) is 24.8 Å². The molecule has 0 radical (unpaired) electrons. The van der Waals surface area contributed by atoms with Crippen LogP contribution in [0.2, 0.25) is 0 Å². The summed E-state index contributed by atoms with van der Waals surface area (Å²) in [5.74, 6) is 0. The summed E-state index contributed by atoms with van der Waals surface area (Å²) in [6, 6.07) is 0. The van der Waals surface area contributed by atoms with Gasteiger partial charge < -0.3 is 10.2 Å². The van der Waals surface area contributed by atoms with Gasteiger partial charge in [0.05, 0.1) is 0 Å². The third kappa shape index (κ3) is 3.06. The summed E-state index contributed by atoms with van der Waals surface area (Å²) in [6.07, 6.45) is 2.82. The molecule has 0 aromatic carbocycles. The minimum absolute atomic E-state index is 0.812. The molecule has 0 aromatic heterocycles. The van der Waals surface area contributed by atoms with Gasteiger partial charge in [0.1, 0.15) is 12.2 Å². The van der Waals surface area contributed by atoms with Crippen molar-refractivity contribution in [1.82, 2.24) is 0 Å². The van der Waals surface area contributed by atoms with Gasteiger partial charge in [0, 0.05) is 0 Å². The average Bonchev–Trinajstić information content (AvgIpc) is 1.87. The van der Waals surface area contributed by atoms with Crippen molar-refractivity contribution >= 4 is 0 Å². The summed E-state index contributed by atoms with van der Waals surface area (Å²) in [5.41, 5.74) is 0. The Labute approximate surface area is 55.1 Å². The number of allylic oxidation sites excluding steroid dienone is 1. The standard InChI is InChI=1S/C7H12O2/c1-3-5-7(9)6(8)4-2/h3-9H,2H2,1H3/b5-3+. The predicted octanol–water partition coefficient (Wildman–Crippen LogP) is 0.470. The maximum atomic E-state index is 8.91. The third-order valence-electron chi connectivity index (χ3n) is 0.981. The van der Waals surface area contributed by atoms with Crippen LogP contribution in [-0.4, -0.2) is 22.4 Å². The van der Waals surface area contributed by atoms with Crippen LogP contribution in [0.5, 0.6) is 0 Å². The summed E-state index contributed by atoms with van der Waals surface area (Å²) >= 11 is 0. The predicted molar refractivity (Wildman–Crippen MR) is 37.0 cm³/mol. The van der Waals surface area contributed by atoms with E-state index in [0.29, 0.717) is 0 Å². The van der Waals surface area contributed by atoms with Crippen LogP contribution in [0, 0.1) is 0 Å². The zero-order valence-electron chi connectivity index (χ0n) is 5.49. The fourth-order valence-electron chi connectivity index (χ4n) is 0.450. The van der Waals surface area contributed by atoms with E-state index >= 15 is 0 Å². The van der Waals surface area contributed by atoms with Crippen molar-refractivity contribution < 1.29 is 10.2 Å². The van der Waals surface area contributed by atoms with E-state index < -0.39 is 12.2 Å². The highest BCUT2D eigenvalue weighted by Crippen LogP contribution is 1.94. The fraction of sp³-hybridized carbons (Fsp3) is 0.429. The fourth-order valence-corrected chi connectivity index (χ4v) is 0.450. The molecule has 2 nitrogen and oxygen atoms in total. The summed E-state index contributed by atoms with van der Waals surface area (Å²) < 4.78 is 0. The minimum Gasteiger partial charge on any atom is -0.386 e. The number of hydrogen-bond acceptors (Lipinski definition) is 2. The van der Waals surface area contributed by atoms with Gasteiger partial charge in [-0.05, 0) is 6.92 Å². The smallest absolute Gasteiger partial charge is 0.102 e. The molecule has 0 saturated carbocycles. The quantitative estimate of drug-likeness (QED) is 0.542. The SMILES string of the molecule is C=CC(O)C(O)/C=C/C. The molecule has 0 heterocycles. The van der Waals surface area contributed by atoms with E-state index in [1.54, 1.807) is 13.0 Å². The molecular weight excluding hydrogens is 116 g/mol. The average molecular weight is 128 g/mol. The molecule has 9 heavy (non-hydrogen) atoms. The highest BCUT2D eigenvalue weighted by Gasteiger charge is 2.06. The van der Waals surface area contributed by atoms with Gasteiger partial charge in [-0.25, -0.2) is 0 Å². The molecule has 2 atom stereocenters. The highest BCUT2D eigenvalue weighted by atomic mass is 16.3. The Bertz CT molecular complexity index is 107. The maximum absolute atomic E-state index is 8.91. The van der Waals surface area contributed by atoms with Gasteiger partial charge in [0.2, 0.25) is 0 Å². The van der Waals surface area contributed by atoms with Crippen molar-refractivity contribution in [2.45, 2.75) is 19.1 Å². The van der Waals surface area contributed by atoms with Gasteiger partial charge in [-0.2, -0.15) is 0 Å². The number of aliphatic hydroxyl groups is 2. The molecule has 2 heteroatoms. The number of hydrogen-bond donors (Lipinski definition) is 2. The van der Waals surface area contributed by atoms with Gasteiger partial charge in [-0.1, -0.05) is 18.2 Å². The largest absolute Gasteiger partial charge is 0.386 e. The summed E-state index contributed by atoms with van der Waals surface area (Å²) in [4.78, 5) is 0. The summed E-state index contributed by atoms with van der Waals surface area (Å²) in [6.45, 7) is 5.10. The van der Waals surface area contributed by atoms with Crippen LogP contribution in [0.1, 0.15) is 6.92 Å². The van der Waals surface area contributed by atoms with Crippen molar-refractivity contribution in [3.63, 3.8) is 0 Å². The summed E-state index contributed by atoms with van der Waals surface area (Å²) in [7, 11) is 0. The number of aliphatic hydroxyl groups excluding tert-OH is 2. The van der Waals surface area contributed by atoms with Crippen molar-refractivity contribution in [2.24, 2.45) is 0 Å². The van der Waals surface area contributed by atoms with Gasteiger partial charge in [0.15, 0.2) is 0 Å². The lowest BCUT2D eigenvalue weighted by Crippen LogP contribution is -2.20. The first-order valence-electron chi connectivity index (χ1n) is 2.84. The minimum atomic E-state index is -0.846. The first-order chi connectivity index (χ1) is 4.22. The van der Waals surface area contributed by atoms with Crippen molar-refractivity contribution in [1.29, 1.82) is 0 Å². The lowest BCUT2D eigenvalue weighted by Gasteiger charge is -2.07. The Kier molecular flexibility index (Phi) is 4.01. The van der Waals surface area contributed by atoms with E-state index in [2.05, 4.69) is 6.58 Å². The summed E-state index contributed by atoms with van der Waals surface area (Å²) in [5, 5.41) is 17.7. The Morgan fingerprint density at radius 1 is 1.33 bits per heavy atom. The van der Waals surface area contributed by atoms with Gasteiger partial charge in [-0.3, -0.25) is 0 Å². The first kappa shape index (κ1) is 8.40. The molecule has 2 N–H and O–H groups in total. The second kappa shape index (κ2) is 4.30. The van der Waals surface area contributed by atoms with Gasteiger partial charge in [-0.15, -0.1) is 6.58 Å². The second-order valence-electron chi connectivity index (χ2n) is 1.74. The molecule has 0 bridgehead atoms. The van der Waals surface area contributed by atoms with Crippen LogP contribution in [0.25, 0.3) is 0 Å². The molecule has 0 aromatic rings. The van der Waals surface area contributed by atoms with Crippen molar-refractivity contribution in [2.75, 3.05) is 0 Å². The van der Waals surface area contributed by atoms with E-state index in [0.717, 1.165) is 0 Å². The molecule has 0 amide bonds. The highest BCUT2D eigenvalue weighted by molar-refractivity contribution is 4.96. The molecule has 0 spiro atoms. The molecule has 0 saturated heterocycles. The van der Waals surface area contributed by atoms with Crippen LogP contribution < -0.4 is 0 Å². The second-order valence-corrected chi connectivity index (χ2v) is 1.74.